The Morgan fingerprint density at radius 1 is 1.23 bits per heavy atom. The van der Waals surface area contributed by atoms with Gasteiger partial charge in [0.1, 0.15) is 0 Å². The number of nitrogens with one attached hydrogen (secondary N) is 1. The standard InChI is InChI=1S/C17H33N3O2/c1-4-20(11-7-10-19-8-5-6-9-19)17(21)18-16-12-14(2)22-15(3)13-16/h14-16H,4-13H2,1-3H3,(H,18,21)/t14-,15+,16?. The lowest BCUT2D eigenvalue weighted by molar-refractivity contribution is -0.0407. The Balaban J connectivity index is 1.70. The molecule has 2 saturated heterocycles. The molecule has 1 unspecified atom stereocenters. The SMILES string of the molecule is CCN(CCCN1CCCC1)C(=O)NC1C[C@@H](C)O[C@@H](C)C1. The highest BCUT2D eigenvalue weighted by atomic mass is 16.5. The summed E-state index contributed by atoms with van der Waals surface area (Å²) in [4.78, 5) is 16.9. The summed E-state index contributed by atoms with van der Waals surface area (Å²) in [5.41, 5.74) is 0. The van der Waals surface area contributed by atoms with Crippen LogP contribution in [0.3, 0.4) is 0 Å². The molecule has 22 heavy (non-hydrogen) atoms. The molecule has 0 spiro atoms. The highest BCUT2D eigenvalue weighted by molar-refractivity contribution is 5.74. The molecule has 0 aromatic heterocycles. The Bertz CT molecular complexity index is 335. The smallest absolute Gasteiger partial charge is 0.317 e. The number of carbonyl (C=O) groups is 1. The lowest BCUT2D eigenvalue weighted by Gasteiger charge is -2.34. The largest absolute Gasteiger partial charge is 0.375 e. The average Bonchev–Trinajstić information content (AvgIpc) is 2.95. The normalized spacial score (nSPS) is 29.5. The van der Waals surface area contributed by atoms with E-state index >= 15 is 0 Å². The first-order chi connectivity index (χ1) is 10.6. The zero-order valence-corrected chi connectivity index (χ0v) is 14.5. The molecule has 0 radical (unpaired) electrons. The van der Waals surface area contributed by atoms with E-state index in [4.69, 9.17) is 4.74 Å². The van der Waals surface area contributed by atoms with Crippen molar-refractivity contribution in [3.63, 3.8) is 0 Å². The molecular formula is C17H33N3O2. The number of urea groups is 1. The van der Waals surface area contributed by atoms with Crippen molar-refractivity contribution in [2.45, 2.75) is 71.1 Å². The maximum atomic E-state index is 12.4. The molecule has 2 amide bonds. The van der Waals surface area contributed by atoms with Gasteiger partial charge in [0.05, 0.1) is 12.2 Å². The maximum absolute atomic E-state index is 12.4. The van der Waals surface area contributed by atoms with E-state index in [0.29, 0.717) is 0 Å². The van der Waals surface area contributed by atoms with Crippen molar-refractivity contribution in [1.29, 1.82) is 0 Å². The summed E-state index contributed by atoms with van der Waals surface area (Å²) < 4.78 is 5.74. The van der Waals surface area contributed by atoms with Crippen LogP contribution in [-0.2, 0) is 4.74 Å². The quantitative estimate of drug-likeness (QED) is 0.819. The van der Waals surface area contributed by atoms with E-state index in [2.05, 4.69) is 31.0 Å². The molecule has 5 heteroatoms. The van der Waals surface area contributed by atoms with Gasteiger partial charge in [-0.15, -0.1) is 0 Å². The highest BCUT2D eigenvalue weighted by Gasteiger charge is 2.26. The van der Waals surface area contributed by atoms with Crippen LogP contribution in [0.25, 0.3) is 0 Å². The number of amides is 2. The molecule has 2 rings (SSSR count). The van der Waals surface area contributed by atoms with Crippen molar-refractivity contribution >= 4 is 6.03 Å². The molecule has 128 valence electrons. The van der Waals surface area contributed by atoms with Crippen LogP contribution in [0.2, 0.25) is 0 Å². The van der Waals surface area contributed by atoms with Gasteiger partial charge in [-0.2, -0.15) is 0 Å². The van der Waals surface area contributed by atoms with Crippen molar-refractivity contribution in [3.8, 4) is 0 Å². The number of rotatable bonds is 6. The Hall–Kier alpha value is -0.810. The third-order valence-corrected chi connectivity index (χ3v) is 4.80. The van der Waals surface area contributed by atoms with E-state index in [9.17, 15) is 4.79 Å². The van der Waals surface area contributed by atoms with Crippen LogP contribution in [0.5, 0.6) is 0 Å². The monoisotopic (exact) mass is 311 g/mol. The van der Waals surface area contributed by atoms with Gasteiger partial charge in [-0.25, -0.2) is 4.79 Å². The molecule has 0 bridgehead atoms. The van der Waals surface area contributed by atoms with Crippen LogP contribution in [0.15, 0.2) is 0 Å². The predicted octanol–water partition coefficient (Wildman–Crippen LogP) is 2.46. The molecule has 2 aliphatic heterocycles. The van der Waals surface area contributed by atoms with Crippen molar-refractivity contribution in [2.24, 2.45) is 0 Å². The van der Waals surface area contributed by atoms with Crippen LogP contribution in [0.4, 0.5) is 4.79 Å². The van der Waals surface area contributed by atoms with Crippen molar-refractivity contribution in [2.75, 3.05) is 32.7 Å². The van der Waals surface area contributed by atoms with Crippen LogP contribution in [0, 0.1) is 0 Å². The second kappa shape index (κ2) is 8.73. The Morgan fingerprint density at radius 3 is 2.45 bits per heavy atom. The summed E-state index contributed by atoms with van der Waals surface area (Å²) in [6.07, 6.45) is 6.04. The van der Waals surface area contributed by atoms with Crippen molar-refractivity contribution in [3.05, 3.63) is 0 Å². The molecule has 2 aliphatic rings. The van der Waals surface area contributed by atoms with Gasteiger partial charge in [0, 0.05) is 19.1 Å². The Kier molecular flexibility index (Phi) is 6.96. The van der Waals surface area contributed by atoms with Gasteiger partial charge in [0.25, 0.3) is 0 Å². The van der Waals surface area contributed by atoms with Gasteiger partial charge in [-0.05, 0) is 72.5 Å². The summed E-state index contributed by atoms with van der Waals surface area (Å²) >= 11 is 0. The lowest BCUT2D eigenvalue weighted by Crippen LogP contribution is -2.49. The van der Waals surface area contributed by atoms with E-state index in [1.54, 1.807) is 0 Å². The topological polar surface area (TPSA) is 44.8 Å². The minimum Gasteiger partial charge on any atom is -0.375 e. The van der Waals surface area contributed by atoms with E-state index in [1.165, 1.54) is 25.9 Å². The number of likely N-dealkylation sites (tertiary alicyclic amines) is 1. The fraction of sp³-hybridized carbons (Fsp3) is 0.941. The van der Waals surface area contributed by atoms with Gasteiger partial charge >= 0.3 is 6.03 Å². The van der Waals surface area contributed by atoms with E-state index in [1.807, 2.05) is 4.90 Å². The molecule has 1 N–H and O–H groups in total. The summed E-state index contributed by atoms with van der Waals surface area (Å²) in [5.74, 6) is 0. The van der Waals surface area contributed by atoms with Crippen molar-refractivity contribution in [1.82, 2.24) is 15.1 Å². The molecule has 0 aromatic carbocycles. The fourth-order valence-electron chi connectivity index (χ4n) is 3.68. The minimum atomic E-state index is 0.0928. The number of nitrogens with zero attached hydrogens (tertiary/aromatic N) is 2. The molecule has 0 saturated carbocycles. The fourth-order valence-corrected chi connectivity index (χ4v) is 3.68. The zero-order chi connectivity index (χ0) is 15.9. The van der Waals surface area contributed by atoms with Crippen LogP contribution < -0.4 is 5.32 Å². The van der Waals surface area contributed by atoms with Gasteiger partial charge in [0.2, 0.25) is 0 Å². The zero-order valence-electron chi connectivity index (χ0n) is 14.5. The molecule has 3 atom stereocenters. The Morgan fingerprint density at radius 2 is 1.86 bits per heavy atom. The first-order valence-electron chi connectivity index (χ1n) is 9.01. The second-order valence-electron chi connectivity index (χ2n) is 6.86. The molecule has 0 aromatic rings. The molecule has 2 heterocycles. The van der Waals surface area contributed by atoms with Gasteiger partial charge in [-0.1, -0.05) is 0 Å². The Labute approximate surface area is 135 Å². The summed E-state index contributed by atoms with van der Waals surface area (Å²) in [5, 5.41) is 3.20. The van der Waals surface area contributed by atoms with Crippen LogP contribution >= 0.6 is 0 Å². The first kappa shape index (κ1) is 17.5. The third kappa shape index (κ3) is 5.43. The number of hydrogen-bond donors (Lipinski definition) is 1. The first-order valence-corrected chi connectivity index (χ1v) is 9.01. The third-order valence-electron chi connectivity index (χ3n) is 4.80. The second-order valence-corrected chi connectivity index (χ2v) is 6.86. The van der Waals surface area contributed by atoms with Crippen molar-refractivity contribution < 1.29 is 9.53 Å². The van der Waals surface area contributed by atoms with Gasteiger partial charge in [0.15, 0.2) is 0 Å². The predicted molar refractivity (Wildman–Crippen MR) is 89.1 cm³/mol. The lowest BCUT2D eigenvalue weighted by atomic mass is 10.00. The van der Waals surface area contributed by atoms with Crippen LogP contribution in [0.1, 0.15) is 52.9 Å². The molecule has 0 aliphatic carbocycles. The summed E-state index contributed by atoms with van der Waals surface area (Å²) in [7, 11) is 0. The van der Waals surface area contributed by atoms with E-state index in [0.717, 1.165) is 38.9 Å². The number of carbonyl (C=O) groups excluding carboxylic acids is 1. The molecule has 5 nitrogen and oxygen atoms in total. The molecular weight excluding hydrogens is 278 g/mol. The maximum Gasteiger partial charge on any atom is 0.317 e. The van der Waals surface area contributed by atoms with E-state index < -0.39 is 0 Å². The van der Waals surface area contributed by atoms with Crippen LogP contribution in [-0.4, -0.2) is 66.8 Å². The number of ether oxygens (including phenoxy) is 1. The molecule has 2 fully saturated rings. The minimum absolute atomic E-state index is 0.0928. The summed E-state index contributed by atoms with van der Waals surface area (Å²) in [6, 6.07) is 0.342. The summed E-state index contributed by atoms with van der Waals surface area (Å²) in [6.45, 7) is 11.4. The highest BCUT2D eigenvalue weighted by Crippen LogP contribution is 2.19. The van der Waals surface area contributed by atoms with E-state index in [-0.39, 0.29) is 24.3 Å². The van der Waals surface area contributed by atoms with Gasteiger partial charge in [-0.3, -0.25) is 0 Å². The van der Waals surface area contributed by atoms with Gasteiger partial charge < -0.3 is 19.9 Å². The number of hydrogen-bond acceptors (Lipinski definition) is 3. The average molecular weight is 311 g/mol.